The van der Waals surface area contributed by atoms with Crippen LogP contribution in [0.2, 0.25) is 0 Å². The summed E-state index contributed by atoms with van der Waals surface area (Å²) in [7, 11) is 0. The van der Waals surface area contributed by atoms with Crippen molar-refractivity contribution in [1.82, 2.24) is 24.1 Å². The number of thiophene rings is 1. The molecule has 0 bridgehead atoms. The quantitative estimate of drug-likeness (QED) is 0.175. The average Bonchev–Trinajstić information content (AvgIpc) is 3.98. The number of benzene rings is 8. The lowest BCUT2D eigenvalue weighted by Gasteiger charge is -2.13. The molecule has 0 saturated heterocycles. The van der Waals surface area contributed by atoms with Gasteiger partial charge in [0.2, 0.25) is 0 Å². The molecule has 274 valence electrons. The molecule has 59 heavy (non-hydrogen) atoms. The van der Waals surface area contributed by atoms with E-state index in [0.717, 1.165) is 75.9 Å². The summed E-state index contributed by atoms with van der Waals surface area (Å²) in [5.41, 5.74) is 6.07. The number of rotatable bonds is 5. The van der Waals surface area contributed by atoms with Crippen molar-refractivity contribution in [2.75, 3.05) is 0 Å². The Morgan fingerprint density at radius 3 is 1.90 bits per heavy atom. The Morgan fingerprint density at radius 2 is 1.12 bits per heavy atom. The van der Waals surface area contributed by atoms with Gasteiger partial charge < -0.3 is 9.13 Å². The molecule has 0 saturated carbocycles. The van der Waals surface area contributed by atoms with Crippen LogP contribution in [0, 0.1) is 11.3 Å². The highest BCUT2D eigenvalue weighted by molar-refractivity contribution is 7.25. The van der Waals surface area contributed by atoms with E-state index in [9.17, 15) is 9.37 Å². The lowest BCUT2D eigenvalue weighted by atomic mass is 10.1. The molecule has 0 aliphatic heterocycles. The van der Waals surface area contributed by atoms with Crippen molar-refractivity contribution in [3.05, 3.63) is 187 Å². The minimum Gasteiger partial charge on any atom is -0.309 e. The Kier molecular flexibility index (Phi) is 6.70. The molecule has 0 N–H and O–H groups in total. The van der Waals surface area contributed by atoms with E-state index in [-0.39, 0.29) is 40.8 Å². The molecule has 0 spiro atoms. The van der Waals surface area contributed by atoms with Crippen molar-refractivity contribution < 1.29 is 4.11 Å². The first-order valence-corrected chi connectivity index (χ1v) is 20.1. The summed E-state index contributed by atoms with van der Waals surface area (Å²) < 4.78 is 35.8. The van der Waals surface area contributed by atoms with E-state index < -0.39 is 0 Å². The summed E-state index contributed by atoms with van der Waals surface area (Å²) in [5, 5.41) is 17.1. The third-order valence-corrected chi connectivity index (χ3v) is 12.3. The van der Waals surface area contributed by atoms with Gasteiger partial charge in [0.05, 0.1) is 37.4 Å². The van der Waals surface area contributed by atoms with E-state index in [1.54, 1.807) is 11.3 Å². The van der Waals surface area contributed by atoms with E-state index in [2.05, 4.69) is 71.3 Å². The van der Waals surface area contributed by atoms with Crippen LogP contribution >= 0.6 is 11.3 Å². The lowest BCUT2D eigenvalue weighted by molar-refractivity contribution is 1.07. The van der Waals surface area contributed by atoms with E-state index in [1.807, 2.05) is 108 Å². The second-order valence-corrected chi connectivity index (χ2v) is 15.5. The van der Waals surface area contributed by atoms with Crippen LogP contribution in [0.25, 0.3) is 109 Å². The molecule has 12 rings (SSSR count). The van der Waals surface area contributed by atoms with Gasteiger partial charge in [-0.3, -0.25) is 0 Å². The molecule has 7 heteroatoms. The van der Waals surface area contributed by atoms with E-state index in [1.165, 1.54) is 4.70 Å². The average molecular weight is 774 g/mol. The summed E-state index contributed by atoms with van der Waals surface area (Å²) in [4.78, 5) is 14.8. The highest BCUT2D eigenvalue weighted by Crippen LogP contribution is 2.43. The van der Waals surface area contributed by atoms with Crippen LogP contribution in [0.15, 0.2) is 182 Å². The lowest BCUT2D eigenvalue weighted by Crippen LogP contribution is -2.02. The Hall–Kier alpha value is -7.92. The van der Waals surface area contributed by atoms with Gasteiger partial charge in [0.25, 0.3) is 0 Å². The number of hydrogen-bond acceptors (Lipinski definition) is 5. The van der Waals surface area contributed by atoms with Gasteiger partial charge in [0, 0.05) is 64.1 Å². The van der Waals surface area contributed by atoms with E-state index in [0.29, 0.717) is 11.6 Å². The smallest absolute Gasteiger partial charge is 0.164 e. The standard InChI is InChI=1S/C52H30N6S/c53-31-35-29-33(51-54-50(32-13-3-1-4-14-32)55-52(56-51)34-24-28-47-41(30-34)38-18-9-12-22-46(38)59-47)23-26-42(35)58-43-20-10-7-17-37(43)39-25-27-45-48(49(39)58)40-19-8-11-21-44(40)57(45)36-15-5-2-6-16-36/h1-30H/i23D,26D,29D. The first-order chi connectivity index (χ1) is 30.5. The number of para-hydroxylation sites is 3. The number of aromatic nitrogens is 5. The van der Waals surface area contributed by atoms with Gasteiger partial charge in [-0.05, 0) is 72.7 Å². The minimum atomic E-state index is -0.260. The van der Waals surface area contributed by atoms with Crippen LogP contribution in [0.1, 0.15) is 9.68 Å². The summed E-state index contributed by atoms with van der Waals surface area (Å²) in [5.74, 6) is 0.762. The summed E-state index contributed by atoms with van der Waals surface area (Å²) in [6, 6.07) is 56.1. The van der Waals surface area contributed by atoms with Gasteiger partial charge in [-0.25, -0.2) is 15.0 Å². The molecular formula is C52H30N6S. The second-order valence-electron chi connectivity index (χ2n) is 14.5. The van der Waals surface area contributed by atoms with Crippen LogP contribution < -0.4 is 0 Å². The van der Waals surface area contributed by atoms with E-state index >= 15 is 0 Å². The Labute approximate surface area is 346 Å². The fraction of sp³-hybridized carbons (Fsp3) is 0. The Balaban J connectivity index is 1.14. The molecule has 8 aromatic carbocycles. The van der Waals surface area contributed by atoms with Gasteiger partial charge in [-0.2, -0.15) is 5.26 Å². The Bertz CT molecular complexity index is 3870. The minimum absolute atomic E-state index is 0.00946. The molecule has 0 aliphatic rings. The number of nitriles is 1. The van der Waals surface area contributed by atoms with Crippen LogP contribution in [-0.4, -0.2) is 24.1 Å². The normalized spacial score (nSPS) is 12.4. The predicted octanol–water partition coefficient (Wildman–Crippen LogP) is 13.3. The number of fused-ring (bicyclic) bond motifs is 10. The maximum absolute atomic E-state index is 11.1. The first kappa shape index (κ1) is 30.2. The van der Waals surface area contributed by atoms with Crippen LogP contribution in [0.5, 0.6) is 0 Å². The van der Waals surface area contributed by atoms with Gasteiger partial charge >= 0.3 is 0 Å². The topological polar surface area (TPSA) is 72.3 Å². The molecule has 0 atom stereocenters. The largest absolute Gasteiger partial charge is 0.309 e. The highest BCUT2D eigenvalue weighted by atomic mass is 32.1. The fourth-order valence-corrected chi connectivity index (χ4v) is 9.64. The van der Waals surface area contributed by atoms with Crippen molar-refractivity contribution in [3.63, 3.8) is 0 Å². The molecule has 0 fully saturated rings. The van der Waals surface area contributed by atoms with Crippen LogP contribution in [0.3, 0.4) is 0 Å². The van der Waals surface area contributed by atoms with Crippen LogP contribution in [0.4, 0.5) is 0 Å². The van der Waals surface area contributed by atoms with Gasteiger partial charge in [0.15, 0.2) is 17.5 Å². The Morgan fingerprint density at radius 1 is 0.492 bits per heavy atom. The molecule has 4 heterocycles. The maximum Gasteiger partial charge on any atom is 0.164 e. The molecule has 0 unspecified atom stereocenters. The molecule has 0 radical (unpaired) electrons. The van der Waals surface area contributed by atoms with Crippen molar-refractivity contribution in [2.45, 2.75) is 0 Å². The monoisotopic (exact) mass is 773 g/mol. The number of nitrogens with zero attached hydrogens (tertiary/aromatic N) is 6. The third kappa shape index (κ3) is 5.14. The number of hydrogen-bond donors (Lipinski definition) is 0. The fourth-order valence-electron chi connectivity index (χ4n) is 8.55. The summed E-state index contributed by atoms with van der Waals surface area (Å²) in [6.07, 6.45) is 0. The maximum atomic E-state index is 11.1. The molecule has 0 aliphatic carbocycles. The van der Waals surface area contributed by atoms with Crippen molar-refractivity contribution in [3.8, 4) is 51.6 Å². The highest BCUT2D eigenvalue weighted by Gasteiger charge is 2.23. The zero-order valence-corrected chi connectivity index (χ0v) is 32.0. The summed E-state index contributed by atoms with van der Waals surface area (Å²) in [6.45, 7) is 0. The molecule has 0 amide bonds. The first-order valence-electron chi connectivity index (χ1n) is 20.8. The summed E-state index contributed by atoms with van der Waals surface area (Å²) >= 11 is 1.72. The predicted molar refractivity (Wildman–Crippen MR) is 242 cm³/mol. The molecule has 4 aromatic heterocycles. The van der Waals surface area contributed by atoms with E-state index in [4.69, 9.17) is 15.0 Å². The van der Waals surface area contributed by atoms with Gasteiger partial charge in [-0.1, -0.05) is 109 Å². The molecule has 6 nitrogen and oxygen atoms in total. The zero-order valence-electron chi connectivity index (χ0n) is 34.2. The van der Waals surface area contributed by atoms with Crippen molar-refractivity contribution >= 4 is 75.1 Å². The SMILES string of the molecule is [2H]c1c([2H])c(-n2c3ccccc3c3ccc4c(c5ccccc5n4-c4ccccc4)c32)c(C#N)c([2H])c1-c1nc(-c2ccccc2)nc(-c2ccc3sc4ccccc4c3c2)n1. The van der Waals surface area contributed by atoms with Gasteiger partial charge in [-0.15, -0.1) is 11.3 Å². The van der Waals surface area contributed by atoms with Crippen LogP contribution in [-0.2, 0) is 0 Å². The second kappa shape index (κ2) is 13.1. The van der Waals surface area contributed by atoms with Gasteiger partial charge in [0.1, 0.15) is 6.07 Å². The molecule has 12 aromatic rings. The van der Waals surface area contributed by atoms with Crippen molar-refractivity contribution in [1.29, 1.82) is 5.26 Å². The zero-order chi connectivity index (χ0) is 41.6. The molecular weight excluding hydrogens is 741 g/mol. The van der Waals surface area contributed by atoms with Crippen molar-refractivity contribution in [2.24, 2.45) is 0 Å². The third-order valence-electron chi connectivity index (χ3n) is 11.1.